The fourth-order valence-electron chi connectivity index (χ4n) is 3.46. The van der Waals surface area contributed by atoms with Gasteiger partial charge in [-0.05, 0) is 36.2 Å². The van der Waals surface area contributed by atoms with Gasteiger partial charge >= 0.3 is 0 Å². The van der Waals surface area contributed by atoms with E-state index in [9.17, 15) is 8.42 Å². The molecule has 2 aromatic carbocycles. The van der Waals surface area contributed by atoms with E-state index in [4.69, 9.17) is 9.47 Å². The van der Waals surface area contributed by atoms with Gasteiger partial charge in [-0.25, -0.2) is 8.42 Å². The molecule has 6 nitrogen and oxygen atoms in total. The van der Waals surface area contributed by atoms with Crippen molar-refractivity contribution >= 4 is 15.7 Å². The van der Waals surface area contributed by atoms with Crippen LogP contribution in [0, 0.1) is 0 Å². The van der Waals surface area contributed by atoms with Gasteiger partial charge in [0.05, 0.1) is 30.4 Å². The summed E-state index contributed by atoms with van der Waals surface area (Å²) in [6.45, 7) is 9.63. The van der Waals surface area contributed by atoms with E-state index in [1.165, 1.54) is 0 Å². The third-order valence-electron chi connectivity index (χ3n) is 5.29. The molecule has 1 heterocycles. The van der Waals surface area contributed by atoms with Crippen molar-refractivity contribution in [3.63, 3.8) is 0 Å². The van der Waals surface area contributed by atoms with Gasteiger partial charge in [0.1, 0.15) is 5.75 Å². The van der Waals surface area contributed by atoms with E-state index >= 15 is 0 Å². The number of hydrogen-bond donors (Lipinski definition) is 1. The van der Waals surface area contributed by atoms with Crippen molar-refractivity contribution in [3.05, 3.63) is 53.6 Å². The second-order valence-electron chi connectivity index (χ2n) is 7.54. The van der Waals surface area contributed by atoms with Crippen LogP contribution in [0.1, 0.15) is 43.9 Å². The minimum atomic E-state index is -3.68. The highest BCUT2D eigenvalue weighted by atomic mass is 32.2. The molecule has 1 fully saturated rings. The average Bonchev–Trinajstić information content (AvgIpc) is 2.73. The zero-order valence-electron chi connectivity index (χ0n) is 17.5. The lowest BCUT2D eigenvalue weighted by Gasteiger charge is -2.33. The molecular weight excluding hydrogens is 388 g/mol. The lowest BCUT2D eigenvalue weighted by atomic mass is 10.0. The summed E-state index contributed by atoms with van der Waals surface area (Å²) in [5.41, 5.74) is 2.49. The first-order chi connectivity index (χ1) is 13.8. The summed E-state index contributed by atoms with van der Waals surface area (Å²) in [6, 6.07) is 12.3. The molecule has 0 saturated carbocycles. The minimum Gasteiger partial charge on any atom is -0.496 e. The van der Waals surface area contributed by atoms with Gasteiger partial charge in [0.25, 0.3) is 10.0 Å². The molecule has 1 aliphatic rings. The molecule has 7 heteroatoms. The zero-order chi connectivity index (χ0) is 21.0. The number of methoxy groups -OCH3 is 1. The number of likely N-dealkylation sites (N-methyl/N-ethyl adjacent to an activating group) is 1. The third-order valence-corrected chi connectivity index (χ3v) is 6.68. The molecule has 0 bridgehead atoms. The van der Waals surface area contributed by atoms with Crippen LogP contribution in [0.3, 0.4) is 0 Å². The molecule has 0 radical (unpaired) electrons. The average molecular weight is 419 g/mol. The smallest absolute Gasteiger partial charge is 0.261 e. The van der Waals surface area contributed by atoms with Crippen LogP contribution in [0.15, 0.2) is 47.4 Å². The van der Waals surface area contributed by atoms with Gasteiger partial charge in [0, 0.05) is 24.7 Å². The molecule has 3 rings (SSSR count). The van der Waals surface area contributed by atoms with Crippen molar-refractivity contribution in [2.24, 2.45) is 0 Å². The second kappa shape index (κ2) is 9.15. The molecule has 29 heavy (non-hydrogen) atoms. The van der Waals surface area contributed by atoms with Gasteiger partial charge in [-0.3, -0.25) is 9.62 Å². The molecule has 1 atom stereocenters. The normalized spacial score (nSPS) is 18.0. The van der Waals surface area contributed by atoms with E-state index in [2.05, 4.69) is 30.4 Å². The number of morpholine rings is 1. The fourth-order valence-corrected chi connectivity index (χ4v) is 4.51. The molecule has 2 aromatic rings. The van der Waals surface area contributed by atoms with E-state index in [1.807, 2.05) is 18.2 Å². The Morgan fingerprint density at radius 3 is 2.55 bits per heavy atom. The van der Waals surface area contributed by atoms with Gasteiger partial charge in [-0.2, -0.15) is 0 Å². The maximum Gasteiger partial charge on any atom is 0.261 e. The van der Waals surface area contributed by atoms with Crippen molar-refractivity contribution in [2.75, 3.05) is 38.1 Å². The quantitative estimate of drug-likeness (QED) is 0.736. The van der Waals surface area contributed by atoms with Gasteiger partial charge < -0.3 is 9.47 Å². The molecule has 1 aliphatic heterocycles. The number of anilines is 1. The van der Waals surface area contributed by atoms with Gasteiger partial charge in [0.2, 0.25) is 0 Å². The summed E-state index contributed by atoms with van der Waals surface area (Å²) >= 11 is 0. The van der Waals surface area contributed by atoms with Crippen molar-refractivity contribution in [1.29, 1.82) is 0 Å². The van der Waals surface area contributed by atoms with Crippen molar-refractivity contribution in [1.82, 2.24) is 4.90 Å². The van der Waals surface area contributed by atoms with Gasteiger partial charge in [-0.15, -0.1) is 0 Å². The monoisotopic (exact) mass is 418 g/mol. The standard InChI is InChI=1S/C22H30N2O4S/c1-5-24-12-13-28-22(15-24)20-11-8-18(14-21(20)27-4)23-29(25,26)19-9-6-17(7-10-19)16(2)3/h6-11,14,16,22-23H,5,12-13,15H2,1-4H3. The molecule has 0 aliphatic carbocycles. The SMILES string of the molecule is CCN1CCOC(c2ccc(NS(=O)(=O)c3ccc(C(C)C)cc3)cc2OC)C1. The number of nitrogens with zero attached hydrogens (tertiary/aromatic N) is 1. The lowest BCUT2D eigenvalue weighted by Crippen LogP contribution is -2.38. The number of hydrogen-bond acceptors (Lipinski definition) is 5. The van der Waals surface area contributed by atoms with Crippen LogP contribution >= 0.6 is 0 Å². The lowest BCUT2D eigenvalue weighted by molar-refractivity contribution is -0.0291. The van der Waals surface area contributed by atoms with Crippen LogP contribution in [0.5, 0.6) is 5.75 Å². The molecule has 158 valence electrons. The number of benzene rings is 2. The Balaban J connectivity index is 1.80. The van der Waals surface area contributed by atoms with Crippen LogP contribution in [-0.4, -0.2) is 46.7 Å². The van der Waals surface area contributed by atoms with Crippen LogP contribution in [0.25, 0.3) is 0 Å². The van der Waals surface area contributed by atoms with Gasteiger partial charge in [0.15, 0.2) is 0 Å². The van der Waals surface area contributed by atoms with E-state index < -0.39 is 10.0 Å². The van der Waals surface area contributed by atoms with Crippen molar-refractivity contribution < 1.29 is 17.9 Å². The molecule has 1 saturated heterocycles. The van der Waals surface area contributed by atoms with E-state index in [0.717, 1.165) is 30.8 Å². The maximum absolute atomic E-state index is 12.8. The summed E-state index contributed by atoms with van der Waals surface area (Å²) in [5.74, 6) is 0.963. The van der Waals surface area contributed by atoms with E-state index in [-0.39, 0.29) is 11.0 Å². The zero-order valence-corrected chi connectivity index (χ0v) is 18.3. The number of nitrogens with one attached hydrogen (secondary N) is 1. The highest BCUT2D eigenvalue weighted by molar-refractivity contribution is 7.92. The van der Waals surface area contributed by atoms with E-state index in [0.29, 0.717) is 24.0 Å². The van der Waals surface area contributed by atoms with Crippen LogP contribution in [0.2, 0.25) is 0 Å². The van der Waals surface area contributed by atoms with Crippen LogP contribution < -0.4 is 9.46 Å². The number of sulfonamides is 1. The Morgan fingerprint density at radius 2 is 1.93 bits per heavy atom. The minimum absolute atomic E-state index is 0.0899. The topological polar surface area (TPSA) is 67.9 Å². The highest BCUT2D eigenvalue weighted by Crippen LogP contribution is 2.33. The summed E-state index contributed by atoms with van der Waals surface area (Å²) in [7, 11) is -2.09. The predicted octanol–water partition coefficient (Wildman–Crippen LogP) is 4.01. The molecule has 0 aromatic heterocycles. The Hall–Kier alpha value is -2.09. The van der Waals surface area contributed by atoms with Gasteiger partial charge in [-0.1, -0.05) is 39.0 Å². The molecule has 0 spiro atoms. The summed E-state index contributed by atoms with van der Waals surface area (Å²) < 4.78 is 39.6. The van der Waals surface area contributed by atoms with Crippen molar-refractivity contribution in [2.45, 2.75) is 37.7 Å². The Morgan fingerprint density at radius 1 is 1.21 bits per heavy atom. The fraction of sp³-hybridized carbons (Fsp3) is 0.455. The summed E-state index contributed by atoms with van der Waals surface area (Å²) in [6.07, 6.45) is -0.0899. The van der Waals surface area contributed by atoms with E-state index in [1.54, 1.807) is 31.4 Å². The number of rotatable bonds is 7. The van der Waals surface area contributed by atoms with Crippen LogP contribution in [0.4, 0.5) is 5.69 Å². The first kappa shape index (κ1) is 21.6. The van der Waals surface area contributed by atoms with Crippen molar-refractivity contribution in [3.8, 4) is 5.75 Å². The first-order valence-electron chi connectivity index (χ1n) is 9.98. The van der Waals surface area contributed by atoms with Crippen LogP contribution in [-0.2, 0) is 14.8 Å². The molecule has 1 N–H and O–H groups in total. The molecule has 0 amide bonds. The Kier molecular flexibility index (Phi) is 6.82. The largest absolute Gasteiger partial charge is 0.496 e. The highest BCUT2D eigenvalue weighted by Gasteiger charge is 2.24. The first-order valence-corrected chi connectivity index (χ1v) is 11.5. The number of ether oxygens (including phenoxy) is 2. The predicted molar refractivity (Wildman–Crippen MR) is 115 cm³/mol. The second-order valence-corrected chi connectivity index (χ2v) is 9.22. The summed E-state index contributed by atoms with van der Waals surface area (Å²) in [5, 5.41) is 0. The Labute approximate surface area is 173 Å². The maximum atomic E-state index is 12.8. The molecule has 1 unspecified atom stereocenters. The summed E-state index contributed by atoms with van der Waals surface area (Å²) in [4.78, 5) is 2.56. The third kappa shape index (κ3) is 5.10. The Bertz CT molecular complexity index is 926. The molecular formula is C22H30N2O4S.